The van der Waals surface area contributed by atoms with Crippen LogP contribution in [0.5, 0.6) is 0 Å². The van der Waals surface area contributed by atoms with Gasteiger partial charge in [0.1, 0.15) is 0 Å². The molecule has 0 aliphatic heterocycles. The fourth-order valence-electron chi connectivity index (χ4n) is 0.546. The standard InChI is InChI=1S/C2H2N4O8.Cs.H/c7-3(8)1-2(4(9)10,5(11)12)6(13)14;;/h1H2;;. The minimum absolute atomic E-state index is 0. The first-order valence-electron chi connectivity index (χ1n) is 2.80. The molecule has 0 fully saturated rings. The van der Waals surface area contributed by atoms with Gasteiger partial charge in [-0.1, -0.05) is 0 Å². The predicted octanol–water partition coefficient (Wildman–Crippen LogP) is -1.90. The summed E-state index contributed by atoms with van der Waals surface area (Å²) in [7, 11) is 0. The molecule has 0 rings (SSSR count). The van der Waals surface area contributed by atoms with Gasteiger partial charge in [0.25, 0.3) is 0 Å². The zero-order valence-electron chi connectivity index (χ0n) is 6.26. The first kappa shape index (κ1) is 17.1. The van der Waals surface area contributed by atoms with E-state index in [-0.39, 0.29) is 68.9 Å². The Morgan fingerprint density at radius 1 is 0.800 bits per heavy atom. The van der Waals surface area contributed by atoms with E-state index in [2.05, 4.69) is 0 Å². The third-order valence-electron chi connectivity index (χ3n) is 1.22. The Morgan fingerprint density at radius 3 is 1.13 bits per heavy atom. The summed E-state index contributed by atoms with van der Waals surface area (Å²) in [6.45, 7) is -2.01. The van der Waals surface area contributed by atoms with Gasteiger partial charge in [0.05, 0.1) is 0 Å². The zero-order chi connectivity index (χ0) is 11.5. The van der Waals surface area contributed by atoms with E-state index < -0.39 is 32.0 Å². The molecule has 0 aromatic heterocycles. The third-order valence-corrected chi connectivity index (χ3v) is 1.22. The molecular weight excluding hydrogens is 341 g/mol. The van der Waals surface area contributed by atoms with Gasteiger partial charge in [-0.25, -0.2) is 0 Å². The molecule has 80 valence electrons. The van der Waals surface area contributed by atoms with Crippen LogP contribution in [0.2, 0.25) is 0 Å². The first-order valence-corrected chi connectivity index (χ1v) is 2.80. The van der Waals surface area contributed by atoms with Crippen molar-refractivity contribution in [3.05, 3.63) is 40.5 Å². The van der Waals surface area contributed by atoms with Gasteiger partial charge in [0, 0.05) is 4.92 Å². The van der Waals surface area contributed by atoms with Crippen LogP contribution < -0.4 is 0 Å². The maximum absolute atomic E-state index is 10.1. The Balaban J connectivity index is 0. The van der Waals surface area contributed by atoms with Crippen LogP contribution in [0.15, 0.2) is 0 Å². The summed E-state index contributed by atoms with van der Waals surface area (Å²) >= 11 is 0. The van der Waals surface area contributed by atoms with Crippen molar-refractivity contribution in [3.8, 4) is 0 Å². The Labute approximate surface area is 139 Å². The number of rotatable bonds is 5. The van der Waals surface area contributed by atoms with Gasteiger partial charge in [-0.3, -0.25) is 40.5 Å². The van der Waals surface area contributed by atoms with Crippen LogP contribution in [-0.2, 0) is 0 Å². The monoisotopic (exact) mass is 344 g/mol. The van der Waals surface area contributed by atoms with Gasteiger partial charge >= 0.3 is 81.2 Å². The van der Waals surface area contributed by atoms with Crippen molar-refractivity contribution in [3.63, 3.8) is 0 Å². The summed E-state index contributed by atoms with van der Waals surface area (Å²) in [5.41, 5.74) is 0. The maximum atomic E-state index is 10.1. The molecule has 15 heavy (non-hydrogen) atoms. The Hall–Kier alpha value is -0.348. The number of hydrogen-bond donors (Lipinski definition) is 0. The average Bonchev–Trinajstić information content (AvgIpc) is 1.97. The molecule has 0 aromatic rings. The molecule has 0 aliphatic carbocycles. The van der Waals surface area contributed by atoms with Gasteiger partial charge in [0.15, 0.2) is 14.8 Å². The van der Waals surface area contributed by atoms with Crippen molar-refractivity contribution in [1.29, 1.82) is 0 Å². The van der Waals surface area contributed by atoms with E-state index in [9.17, 15) is 40.5 Å². The molecule has 0 spiro atoms. The van der Waals surface area contributed by atoms with Gasteiger partial charge < -0.3 is 0 Å². The Bertz CT molecular complexity index is 278. The third kappa shape index (κ3) is 3.61. The van der Waals surface area contributed by atoms with Crippen LogP contribution in [0.4, 0.5) is 0 Å². The summed E-state index contributed by atoms with van der Waals surface area (Å²) in [5, 5.41) is 40.0. The normalized spacial score (nSPS) is 9.87. The molecule has 0 aromatic carbocycles. The van der Waals surface area contributed by atoms with Crippen molar-refractivity contribution >= 4 is 68.9 Å². The second kappa shape index (κ2) is 6.28. The molecule has 0 bridgehead atoms. The Morgan fingerprint density at radius 2 is 1.07 bits per heavy atom. The van der Waals surface area contributed by atoms with Gasteiger partial charge in [-0.05, 0) is 0 Å². The van der Waals surface area contributed by atoms with Crippen molar-refractivity contribution < 1.29 is 19.7 Å². The second-order valence-electron chi connectivity index (χ2n) is 2.04. The van der Waals surface area contributed by atoms with Crippen LogP contribution in [0.3, 0.4) is 0 Å². The topological polar surface area (TPSA) is 173 Å². The van der Waals surface area contributed by atoms with E-state index in [1.807, 2.05) is 0 Å². The SMILES string of the molecule is O=[N+]([O-])CC([N+](=O)[O-])([N+](=O)[O-])[N+](=O)[O-].[CsH]. The quantitative estimate of drug-likeness (QED) is 0.316. The molecule has 0 saturated carbocycles. The van der Waals surface area contributed by atoms with Gasteiger partial charge in [-0.2, -0.15) is 0 Å². The minimum atomic E-state index is -4.01. The van der Waals surface area contributed by atoms with Crippen LogP contribution in [-0.4, -0.2) is 101 Å². The van der Waals surface area contributed by atoms with Crippen molar-refractivity contribution in [1.82, 2.24) is 0 Å². The molecule has 0 saturated heterocycles. The van der Waals surface area contributed by atoms with Gasteiger partial charge in [-0.15, -0.1) is 0 Å². The summed E-state index contributed by atoms with van der Waals surface area (Å²) < 4.78 is 0. The summed E-state index contributed by atoms with van der Waals surface area (Å²) in [4.78, 5) is 32.8. The van der Waals surface area contributed by atoms with E-state index >= 15 is 0 Å². The fraction of sp³-hybridized carbons (Fsp3) is 1.00. The van der Waals surface area contributed by atoms with E-state index in [4.69, 9.17) is 0 Å². The average molecular weight is 344 g/mol. The van der Waals surface area contributed by atoms with Crippen LogP contribution in [0.1, 0.15) is 0 Å². The molecule has 0 amide bonds. The fourth-order valence-corrected chi connectivity index (χ4v) is 0.546. The molecule has 0 atom stereocenters. The van der Waals surface area contributed by atoms with Crippen molar-refractivity contribution in [2.75, 3.05) is 6.54 Å². The molecular formula is C2H3CsN4O8. The van der Waals surface area contributed by atoms with E-state index in [0.717, 1.165) is 0 Å². The molecule has 0 unspecified atom stereocenters. The molecule has 0 radical (unpaired) electrons. The molecule has 0 N–H and O–H groups in total. The Kier molecular flexibility index (Phi) is 7.14. The van der Waals surface area contributed by atoms with Crippen LogP contribution >= 0.6 is 0 Å². The van der Waals surface area contributed by atoms with E-state index in [1.165, 1.54) is 0 Å². The first-order chi connectivity index (χ1) is 6.25. The van der Waals surface area contributed by atoms with Gasteiger partial charge in [0.2, 0.25) is 0 Å². The number of nitro groups is 4. The van der Waals surface area contributed by atoms with Crippen LogP contribution in [0.25, 0.3) is 0 Å². The van der Waals surface area contributed by atoms with E-state index in [1.54, 1.807) is 0 Å². The number of hydrogen-bond acceptors (Lipinski definition) is 8. The predicted molar refractivity (Wildman–Crippen MR) is 42.7 cm³/mol. The molecule has 12 nitrogen and oxygen atoms in total. The van der Waals surface area contributed by atoms with Crippen molar-refractivity contribution in [2.24, 2.45) is 0 Å². The molecule has 0 heterocycles. The van der Waals surface area contributed by atoms with Crippen molar-refractivity contribution in [2.45, 2.75) is 5.79 Å². The second-order valence-corrected chi connectivity index (χ2v) is 2.04. The summed E-state index contributed by atoms with van der Waals surface area (Å²) in [6, 6.07) is 0. The van der Waals surface area contributed by atoms with E-state index in [0.29, 0.717) is 0 Å². The summed E-state index contributed by atoms with van der Waals surface area (Å²) in [6.07, 6.45) is 0. The van der Waals surface area contributed by atoms with Crippen LogP contribution in [0, 0.1) is 40.5 Å². The molecule has 13 heteroatoms. The number of nitrogens with zero attached hydrogens (tertiary/aromatic N) is 4. The summed E-state index contributed by atoms with van der Waals surface area (Å²) in [5.74, 6) is -4.01. The zero-order valence-corrected chi connectivity index (χ0v) is 6.26. The molecule has 0 aliphatic rings.